The van der Waals surface area contributed by atoms with Gasteiger partial charge in [0, 0.05) is 32.8 Å². The van der Waals surface area contributed by atoms with Crippen molar-refractivity contribution in [2.75, 3.05) is 46.1 Å². The molecule has 2 aliphatic heterocycles. The van der Waals surface area contributed by atoms with E-state index in [-0.39, 0.29) is 11.9 Å². The maximum atomic E-state index is 13.4. The smallest absolute Gasteiger partial charge is 0.230 e. The summed E-state index contributed by atoms with van der Waals surface area (Å²) in [5, 5.41) is 3.24. The molecule has 6 heteroatoms. The summed E-state index contributed by atoms with van der Waals surface area (Å²) >= 11 is 0. The highest BCUT2D eigenvalue weighted by atomic mass is 16.5. The maximum absolute atomic E-state index is 13.4. The molecule has 2 fully saturated rings. The van der Waals surface area contributed by atoms with Gasteiger partial charge in [0.05, 0.1) is 30.9 Å². The van der Waals surface area contributed by atoms with E-state index in [1.54, 1.807) is 6.26 Å². The predicted molar refractivity (Wildman–Crippen MR) is 105 cm³/mol. The van der Waals surface area contributed by atoms with Crippen LogP contribution in [-0.2, 0) is 19.7 Å². The third-order valence-corrected chi connectivity index (χ3v) is 5.92. The van der Waals surface area contributed by atoms with Gasteiger partial charge in [-0.2, -0.15) is 0 Å². The van der Waals surface area contributed by atoms with E-state index in [0.29, 0.717) is 45.8 Å². The predicted octanol–water partition coefficient (Wildman–Crippen LogP) is 2.52. The summed E-state index contributed by atoms with van der Waals surface area (Å²) in [5.41, 5.74) is 0.537. The molecule has 2 aromatic rings. The summed E-state index contributed by atoms with van der Waals surface area (Å²) in [4.78, 5) is 15.8. The number of nitrogens with one attached hydrogen (secondary N) is 1. The monoisotopic (exact) mass is 384 g/mol. The van der Waals surface area contributed by atoms with Crippen LogP contribution in [-0.4, -0.2) is 56.9 Å². The molecule has 1 amide bonds. The fraction of sp³-hybridized carbons (Fsp3) is 0.500. The van der Waals surface area contributed by atoms with Crippen LogP contribution in [0.4, 0.5) is 0 Å². The summed E-state index contributed by atoms with van der Waals surface area (Å²) in [6.07, 6.45) is 3.09. The zero-order chi connectivity index (χ0) is 19.2. The van der Waals surface area contributed by atoms with Crippen LogP contribution in [0.1, 0.15) is 30.2 Å². The van der Waals surface area contributed by atoms with Crippen LogP contribution in [0, 0.1) is 0 Å². The average Bonchev–Trinajstić information content (AvgIpc) is 3.30. The number of carbonyl (C=O) groups is 1. The van der Waals surface area contributed by atoms with Crippen molar-refractivity contribution in [3.63, 3.8) is 0 Å². The number of morpholine rings is 1. The average molecular weight is 384 g/mol. The molecule has 2 saturated heterocycles. The van der Waals surface area contributed by atoms with Crippen molar-refractivity contribution in [2.24, 2.45) is 0 Å². The summed E-state index contributed by atoms with van der Waals surface area (Å²) in [6.45, 7) is 4.80. The highest BCUT2D eigenvalue weighted by molar-refractivity contribution is 5.88. The van der Waals surface area contributed by atoms with E-state index >= 15 is 0 Å². The van der Waals surface area contributed by atoms with Gasteiger partial charge in [-0.15, -0.1) is 0 Å². The van der Waals surface area contributed by atoms with Crippen LogP contribution in [0.2, 0.25) is 0 Å². The Balaban J connectivity index is 1.51. The Bertz CT molecular complexity index is 735. The number of hydrogen-bond acceptors (Lipinski definition) is 5. The van der Waals surface area contributed by atoms with Crippen molar-refractivity contribution in [3.8, 4) is 0 Å². The van der Waals surface area contributed by atoms with E-state index in [1.165, 1.54) is 0 Å². The van der Waals surface area contributed by atoms with Gasteiger partial charge in [-0.25, -0.2) is 0 Å². The Morgan fingerprint density at radius 3 is 2.39 bits per heavy atom. The number of amides is 1. The lowest BCUT2D eigenvalue weighted by atomic mass is 9.73. The first-order valence-corrected chi connectivity index (χ1v) is 10.1. The second kappa shape index (κ2) is 8.90. The molecule has 0 bridgehead atoms. The minimum Gasteiger partial charge on any atom is -0.468 e. The van der Waals surface area contributed by atoms with Gasteiger partial charge in [0.1, 0.15) is 5.76 Å². The summed E-state index contributed by atoms with van der Waals surface area (Å²) in [7, 11) is 0. The summed E-state index contributed by atoms with van der Waals surface area (Å²) in [5.74, 6) is 0.953. The van der Waals surface area contributed by atoms with Gasteiger partial charge in [-0.3, -0.25) is 9.69 Å². The molecule has 0 radical (unpaired) electrons. The van der Waals surface area contributed by atoms with E-state index in [4.69, 9.17) is 13.9 Å². The van der Waals surface area contributed by atoms with Gasteiger partial charge in [-0.05, 0) is 30.5 Å². The highest BCUT2D eigenvalue weighted by Crippen LogP contribution is 2.35. The minimum atomic E-state index is -0.530. The zero-order valence-electron chi connectivity index (χ0n) is 16.1. The van der Waals surface area contributed by atoms with Crippen molar-refractivity contribution in [2.45, 2.75) is 24.3 Å². The van der Waals surface area contributed by atoms with E-state index in [9.17, 15) is 4.79 Å². The van der Waals surface area contributed by atoms with Crippen LogP contribution < -0.4 is 5.32 Å². The normalized spacial score (nSPS) is 21.1. The van der Waals surface area contributed by atoms with E-state index in [0.717, 1.165) is 24.4 Å². The molecule has 1 atom stereocenters. The first kappa shape index (κ1) is 19.2. The molecule has 0 aliphatic carbocycles. The number of hydrogen-bond donors (Lipinski definition) is 1. The van der Waals surface area contributed by atoms with Gasteiger partial charge in [-0.1, -0.05) is 30.3 Å². The van der Waals surface area contributed by atoms with Gasteiger partial charge in [0.25, 0.3) is 0 Å². The lowest BCUT2D eigenvalue weighted by Crippen LogP contribution is -2.50. The Morgan fingerprint density at radius 2 is 1.71 bits per heavy atom. The molecule has 4 rings (SSSR count). The fourth-order valence-electron chi connectivity index (χ4n) is 4.26. The fourth-order valence-corrected chi connectivity index (χ4v) is 4.26. The molecule has 150 valence electrons. The zero-order valence-corrected chi connectivity index (χ0v) is 16.1. The van der Waals surface area contributed by atoms with Crippen molar-refractivity contribution in [1.29, 1.82) is 0 Å². The molecule has 1 unspecified atom stereocenters. The number of rotatable bonds is 6. The van der Waals surface area contributed by atoms with Crippen LogP contribution in [0.15, 0.2) is 53.1 Å². The first-order chi connectivity index (χ1) is 13.8. The Kier molecular flexibility index (Phi) is 6.10. The molecule has 28 heavy (non-hydrogen) atoms. The quantitative estimate of drug-likeness (QED) is 0.829. The van der Waals surface area contributed by atoms with Crippen molar-refractivity contribution < 1.29 is 18.7 Å². The minimum absolute atomic E-state index is 0.00974. The standard InChI is InChI=1S/C22H28N2O4/c25-21(22(8-13-26-14-9-22)18-5-2-1-3-6-18)23-17-19(20-7-4-12-28-20)24-10-15-27-16-11-24/h1-7,12,19H,8-11,13-17H2,(H,23,25). The lowest BCUT2D eigenvalue weighted by Gasteiger charge is -2.38. The topological polar surface area (TPSA) is 63.9 Å². The first-order valence-electron chi connectivity index (χ1n) is 10.1. The molecule has 3 heterocycles. The van der Waals surface area contributed by atoms with Crippen molar-refractivity contribution >= 4 is 5.91 Å². The Morgan fingerprint density at radius 1 is 1.00 bits per heavy atom. The number of ether oxygens (including phenoxy) is 2. The molecular formula is C22H28N2O4. The maximum Gasteiger partial charge on any atom is 0.230 e. The van der Waals surface area contributed by atoms with Crippen LogP contribution in [0.3, 0.4) is 0 Å². The number of furan rings is 1. The Labute approximate surface area is 165 Å². The third kappa shape index (κ3) is 3.99. The van der Waals surface area contributed by atoms with Crippen LogP contribution in [0.5, 0.6) is 0 Å². The van der Waals surface area contributed by atoms with E-state index in [2.05, 4.69) is 22.3 Å². The van der Waals surface area contributed by atoms with E-state index < -0.39 is 5.41 Å². The molecule has 0 saturated carbocycles. The molecule has 1 aromatic heterocycles. The molecule has 0 spiro atoms. The highest BCUT2D eigenvalue weighted by Gasteiger charge is 2.42. The van der Waals surface area contributed by atoms with Crippen molar-refractivity contribution in [1.82, 2.24) is 10.2 Å². The van der Waals surface area contributed by atoms with E-state index in [1.807, 2.05) is 30.3 Å². The Hall–Kier alpha value is -2.15. The number of nitrogens with zero attached hydrogens (tertiary/aromatic N) is 1. The molecule has 6 nitrogen and oxygen atoms in total. The van der Waals surface area contributed by atoms with Gasteiger partial charge < -0.3 is 19.2 Å². The summed E-state index contributed by atoms with van der Waals surface area (Å²) in [6, 6.07) is 14.0. The van der Waals surface area contributed by atoms with Gasteiger partial charge in [0.2, 0.25) is 5.91 Å². The molecule has 1 N–H and O–H groups in total. The lowest BCUT2D eigenvalue weighted by molar-refractivity contribution is -0.130. The summed E-state index contributed by atoms with van der Waals surface area (Å²) < 4.78 is 16.7. The number of carbonyl (C=O) groups excluding carboxylic acids is 1. The largest absolute Gasteiger partial charge is 0.468 e. The molecular weight excluding hydrogens is 356 g/mol. The number of benzene rings is 1. The van der Waals surface area contributed by atoms with Crippen molar-refractivity contribution in [3.05, 3.63) is 60.1 Å². The second-order valence-corrected chi connectivity index (χ2v) is 7.45. The second-order valence-electron chi connectivity index (χ2n) is 7.45. The van der Waals surface area contributed by atoms with Gasteiger partial charge >= 0.3 is 0 Å². The third-order valence-electron chi connectivity index (χ3n) is 5.92. The molecule has 2 aliphatic rings. The van der Waals surface area contributed by atoms with Crippen LogP contribution in [0.25, 0.3) is 0 Å². The SMILES string of the molecule is O=C(NCC(c1ccco1)N1CCOCC1)C1(c2ccccc2)CCOCC1. The van der Waals surface area contributed by atoms with Crippen LogP contribution >= 0.6 is 0 Å². The molecule has 1 aromatic carbocycles. The van der Waals surface area contributed by atoms with Gasteiger partial charge in [0.15, 0.2) is 0 Å².